The number of nitrogens with one attached hydrogen (secondary N) is 7. The Kier molecular flexibility index (Phi) is 20.1. The van der Waals surface area contributed by atoms with Crippen molar-refractivity contribution in [3.05, 3.63) is 186 Å². The second kappa shape index (κ2) is 27.5. The minimum Gasteiger partial charge on any atom is -0.397 e. The molecule has 6 aromatic heterocycles. The maximum atomic E-state index is 12.4. The molecule has 3 aromatic carbocycles. The number of ether oxygens (including phenoxy) is 2. The third-order valence-corrected chi connectivity index (χ3v) is 16.5. The summed E-state index contributed by atoms with van der Waals surface area (Å²) in [6.07, 6.45) is 9.38. The van der Waals surface area contributed by atoms with E-state index in [1.807, 2.05) is 96.3 Å². The second-order valence-corrected chi connectivity index (χ2v) is 23.9. The first-order chi connectivity index (χ1) is 39.9. The zero-order valence-corrected chi connectivity index (χ0v) is 52.6. The number of anilines is 6. The molecule has 2 aliphatic rings. The first-order valence-corrected chi connectivity index (χ1v) is 30.3. The summed E-state index contributed by atoms with van der Waals surface area (Å²) in [6.45, 7) is 19.2. The Morgan fingerprint density at radius 1 is 0.530 bits per heavy atom. The molecule has 2 aliphatic heterocycles. The van der Waals surface area contributed by atoms with Crippen LogP contribution in [0.25, 0.3) is 32.7 Å². The first-order valence-electron chi connectivity index (χ1n) is 27.9. The van der Waals surface area contributed by atoms with Gasteiger partial charge in [0.2, 0.25) is 0 Å². The molecule has 11 rings (SSSR count). The number of H-pyrrole nitrogens is 3. The van der Waals surface area contributed by atoms with Crippen LogP contribution in [0.1, 0.15) is 83.1 Å². The summed E-state index contributed by atoms with van der Waals surface area (Å²) in [4.78, 5) is 61.6. The van der Waals surface area contributed by atoms with Gasteiger partial charge >= 0.3 is 0 Å². The van der Waals surface area contributed by atoms with E-state index in [9.17, 15) is 14.4 Å². The van der Waals surface area contributed by atoms with Crippen LogP contribution in [0.3, 0.4) is 0 Å². The summed E-state index contributed by atoms with van der Waals surface area (Å²) in [5.74, 6) is 0. The minimum absolute atomic E-state index is 0.0399. The monoisotopic (exact) mass is 1310 g/mol. The highest BCUT2D eigenvalue weighted by Gasteiger charge is 2.24. The molecule has 20 heteroatoms. The van der Waals surface area contributed by atoms with E-state index in [0.717, 1.165) is 184 Å². The number of pyridine rings is 6. The zero-order valence-electron chi connectivity index (χ0n) is 47.8. The maximum Gasteiger partial charge on any atom is 0.253 e. The van der Waals surface area contributed by atoms with Crippen molar-refractivity contribution >= 4 is 115 Å². The smallest absolute Gasteiger partial charge is 0.253 e. The Balaban J connectivity index is 0.000000151. The Hall–Kier alpha value is -7.10. The molecule has 9 N–H and O–H groups in total. The molecular weight excluding hydrogens is 1240 g/mol. The van der Waals surface area contributed by atoms with Gasteiger partial charge in [-0.05, 0) is 164 Å². The van der Waals surface area contributed by atoms with Gasteiger partial charge < -0.3 is 56.3 Å². The van der Waals surface area contributed by atoms with Crippen molar-refractivity contribution in [1.29, 1.82) is 0 Å². The quantitative estimate of drug-likeness (QED) is 0.0473. The van der Waals surface area contributed by atoms with Crippen molar-refractivity contribution in [2.45, 2.75) is 106 Å². The Morgan fingerprint density at radius 3 is 1.39 bits per heavy atom. The van der Waals surface area contributed by atoms with Crippen LogP contribution < -0.4 is 48.6 Å². The lowest BCUT2D eigenvalue weighted by Crippen LogP contribution is -2.39. The van der Waals surface area contributed by atoms with E-state index in [-0.39, 0.29) is 16.7 Å². The van der Waals surface area contributed by atoms with E-state index in [0.29, 0.717) is 37.4 Å². The predicted octanol–water partition coefficient (Wildman–Crippen LogP) is 12.9. The normalized spacial score (nSPS) is 13.7. The SMILES string of the molecule is CCN(c1cc(Br)cc2c(NCc3c(C)cc(C)[nH]c3=O)ccnc12)C1CCOCC1.Cc1cc(C)c(CNc2ccnc3c(N)cc(Br)cc23)c(=O)[nH]1.Cc1cc(C)c(CNc2ccnc3c(NC4CCOCC4)cc(Br)cc23)c(=O)[nH]1. The number of nitrogens with zero attached hydrogens (tertiary/aromatic N) is 4. The van der Waals surface area contributed by atoms with Crippen molar-refractivity contribution in [1.82, 2.24) is 29.9 Å². The third kappa shape index (κ3) is 14.8. The Morgan fingerprint density at radius 2 is 0.928 bits per heavy atom. The van der Waals surface area contributed by atoms with Crippen molar-refractivity contribution in [2.75, 3.05) is 64.9 Å². The van der Waals surface area contributed by atoms with Crippen LogP contribution in [0.5, 0.6) is 0 Å². The van der Waals surface area contributed by atoms with E-state index >= 15 is 0 Å². The number of rotatable bonds is 14. The summed E-state index contributed by atoms with van der Waals surface area (Å²) in [7, 11) is 0. The highest BCUT2D eigenvalue weighted by atomic mass is 79.9. The van der Waals surface area contributed by atoms with Crippen LogP contribution >= 0.6 is 47.8 Å². The molecule has 0 saturated carbocycles. The van der Waals surface area contributed by atoms with E-state index in [1.54, 1.807) is 12.4 Å². The number of aryl methyl sites for hydroxylation is 6. The number of aromatic amines is 3. The fraction of sp³-hybridized carbons (Fsp3) is 0.333. The Labute approximate surface area is 507 Å². The molecule has 2 saturated heterocycles. The zero-order chi connectivity index (χ0) is 58.9. The predicted molar refractivity (Wildman–Crippen MR) is 349 cm³/mol. The molecule has 434 valence electrons. The van der Waals surface area contributed by atoms with Gasteiger partial charge in [0.15, 0.2) is 0 Å². The molecule has 0 atom stereocenters. The molecule has 17 nitrogen and oxygen atoms in total. The lowest BCUT2D eigenvalue weighted by Gasteiger charge is -2.36. The number of halogens is 3. The van der Waals surface area contributed by atoms with Gasteiger partial charge in [0.1, 0.15) is 0 Å². The fourth-order valence-corrected chi connectivity index (χ4v) is 12.4. The van der Waals surface area contributed by atoms with Crippen LogP contribution in [0, 0.1) is 41.5 Å². The second-order valence-electron chi connectivity index (χ2n) is 21.2. The van der Waals surface area contributed by atoms with Gasteiger partial charge in [-0.1, -0.05) is 47.8 Å². The summed E-state index contributed by atoms with van der Waals surface area (Å²) >= 11 is 10.8. The number of benzene rings is 3. The van der Waals surface area contributed by atoms with Crippen molar-refractivity contribution in [3.8, 4) is 0 Å². The van der Waals surface area contributed by atoms with Crippen molar-refractivity contribution in [2.24, 2.45) is 0 Å². The number of fused-ring (bicyclic) bond motifs is 3. The lowest BCUT2D eigenvalue weighted by atomic mass is 10.0. The van der Waals surface area contributed by atoms with Gasteiger partial charge in [0.25, 0.3) is 16.7 Å². The average molecular weight is 1320 g/mol. The van der Waals surface area contributed by atoms with Gasteiger partial charge in [0.05, 0.1) is 33.6 Å². The van der Waals surface area contributed by atoms with Gasteiger partial charge in [-0.25, -0.2) is 0 Å². The molecule has 0 spiro atoms. The Bertz CT molecular complexity index is 3990. The number of nitrogen functional groups attached to an aromatic ring is 1. The molecule has 0 unspecified atom stereocenters. The molecule has 8 heterocycles. The number of nitrogens with two attached hydrogens (primary N) is 1. The number of aromatic nitrogens is 6. The highest BCUT2D eigenvalue weighted by molar-refractivity contribution is 9.11. The molecule has 0 radical (unpaired) electrons. The molecule has 9 aromatic rings. The average Bonchev–Trinajstić information content (AvgIpc) is 3.10. The summed E-state index contributed by atoms with van der Waals surface area (Å²) in [5.41, 5.74) is 21.9. The number of hydrogen-bond donors (Lipinski definition) is 8. The molecule has 83 heavy (non-hydrogen) atoms. The van der Waals surface area contributed by atoms with Crippen LogP contribution in [-0.2, 0) is 29.1 Å². The molecule has 0 aliphatic carbocycles. The molecule has 0 amide bonds. The van der Waals surface area contributed by atoms with Crippen LogP contribution in [0.4, 0.5) is 34.1 Å². The summed E-state index contributed by atoms with van der Waals surface area (Å²) in [5, 5.41) is 16.8. The van der Waals surface area contributed by atoms with Crippen molar-refractivity contribution in [3.63, 3.8) is 0 Å². The molecule has 0 bridgehead atoms. The van der Waals surface area contributed by atoms with Crippen LogP contribution in [-0.4, -0.2) is 75.0 Å². The fourth-order valence-electron chi connectivity index (χ4n) is 11.0. The minimum atomic E-state index is -0.0611. The maximum absolute atomic E-state index is 12.4. The lowest BCUT2D eigenvalue weighted by molar-refractivity contribution is 0.0847. The largest absolute Gasteiger partial charge is 0.397 e. The van der Waals surface area contributed by atoms with Crippen LogP contribution in [0.15, 0.2) is 119 Å². The summed E-state index contributed by atoms with van der Waals surface area (Å²) < 4.78 is 13.9. The summed E-state index contributed by atoms with van der Waals surface area (Å²) in [6, 6.07) is 24.8. The third-order valence-electron chi connectivity index (χ3n) is 15.1. The standard InChI is InChI=1S/C24H29BrN4O2.C22H25BrN4O2.C17H17BrN4O/c1-4-29(18-6-9-31-10-7-18)22-13-17(25)12-19-21(5-8-26-23(19)22)27-14-20-15(2)11-16(3)28-24(20)30;1-13-9-14(2)26-22(28)18(13)12-25-19-3-6-24-21-17(19)10-15(23)11-20(21)27-16-4-7-29-8-5-16;1-9-5-10(2)22-17(23)13(9)8-21-15-3-4-20-16-12(15)6-11(18)7-14(16)19/h5,8,11-13,18H,4,6-7,9-10,14H2,1-3H3,(H,26,27)(H,28,30);3,6,9-11,16,27H,4-5,7-8,12H2,1-2H3,(H,24,25)(H,26,28);3-7H,8,19H2,1-2H3,(H,20,21)(H,22,23). The van der Waals surface area contributed by atoms with E-state index in [4.69, 9.17) is 20.2 Å². The van der Waals surface area contributed by atoms with Gasteiger partial charge in [-0.2, -0.15) is 0 Å². The number of hydrogen-bond acceptors (Lipinski definition) is 14. The molecule has 2 fully saturated rings. The van der Waals surface area contributed by atoms with Gasteiger partial charge in [-0.3, -0.25) is 29.3 Å². The van der Waals surface area contributed by atoms with Gasteiger partial charge in [-0.15, -0.1) is 0 Å². The topological polar surface area (TPSA) is 233 Å². The van der Waals surface area contributed by atoms with E-state index in [2.05, 4.69) is 130 Å². The molecular formula is C63H71Br3N12O5. The van der Waals surface area contributed by atoms with Gasteiger partial charge in [0, 0.05) is 164 Å². The highest BCUT2D eigenvalue weighted by Crippen LogP contribution is 2.37. The van der Waals surface area contributed by atoms with Crippen LogP contribution in [0.2, 0.25) is 0 Å². The van der Waals surface area contributed by atoms with Crippen molar-refractivity contribution < 1.29 is 9.47 Å². The first kappa shape index (κ1) is 60.5. The van der Waals surface area contributed by atoms with E-state index < -0.39 is 0 Å². The van der Waals surface area contributed by atoms with E-state index in [1.165, 1.54) is 0 Å².